The van der Waals surface area contributed by atoms with Gasteiger partial charge in [0.15, 0.2) is 0 Å². The van der Waals surface area contributed by atoms with Gasteiger partial charge in [-0.25, -0.2) is 0 Å². The molecular weight excluding hydrogens is 212 g/mol. The van der Waals surface area contributed by atoms with E-state index in [0.29, 0.717) is 12.8 Å². The molecule has 1 aliphatic carbocycles. The maximum Gasteiger partial charge on any atom is 0.309 e. The number of rotatable bonds is 2. The summed E-state index contributed by atoms with van der Waals surface area (Å²) in [5, 5.41) is 0. The fourth-order valence-corrected chi connectivity index (χ4v) is 2.09. The van der Waals surface area contributed by atoms with Gasteiger partial charge in [-0.2, -0.15) is 0 Å². The van der Waals surface area contributed by atoms with Crippen LogP contribution in [0.5, 0.6) is 0 Å². The first-order valence-electron chi connectivity index (χ1n) is 5.18. The molecule has 0 aromatic heterocycles. The number of methoxy groups -OCH3 is 2. The highest BCUT2D eigenvalue weighted by Crippen LogP contribution is 2.30. The van der Waals surface area contributed by atoms with E-state index in [9.17, 15) is 9.59 Å². The van der Waals surface area contributed by atoms with E-state index < -0.39 is 23.8 Å². The third kappa shape index (κ3) is 2.51. The highest BCUT2D eigenvalue weighted by atomic mass is 16.5. The summed E-state index contributed by atoms with van der Waals surface area (Å²) < 4.78 is 9.31. The molecule has 0 amide bonds. The Bertz CT molecular complexity index is 254. The van der Waals surface area contributed by atoms with Crippen molar-refractivity contribution in [2.24, 2.45) is 23.3 Å². The second-order valence-electron chi connectivity index (χ2n) is 4.06. The van der Waals surface area contributed by atoms with Crippen molar-refractivity contribution >= 4 is 11.9 Å². The molecule has 6 nitrogen and oxygen atoms in total. The number of carbonyl (C=O) groups excluding carboxylic acids is 2. The van der Waals surface area contributed by atoms with E-state index in [2.05, 4.69) is 9.47 Å². The maximum atomic E-state index is 11.5. The van der Waals surface area contributed by atoms with E-state index in [0.717, 1.165) is 0 Å². The van der Waals surface area contributed by atoms with Crippen LogP contribution in [-0.4, -0.2) is 38.2 Å². The minimum Gasteiger partial charge on any atom is -0.469 e. The Balaban J connectivity index is 2.83. The van der Waals surface area contributed by atoms with Crippen molar-refractivity contribution in [1.82, 2.24) is 0 Å². The van der Waals surface area contributed by atoms with Crippen LogP contribution in [0.3, 0.4) is 0 Å². The van der Waals surface area contributed by atoms with E-state index in [1.165, 1.54) is 14.2 Å². The molecule has 1 saturated carbocycles. The van der Waals surface area contributed by atoms with Crippen molar-refractivity contribution in [2.75, 3.05) is 14.2 Å². The minimum absolute atomic E-state index is 0.287. The van der Waals surface area contributed by atoms with Gasteiger partial charge in [0.25, 0.3) is 0 Å². The number of hydrogen-bond acceptors (Lipinski definition) is 6. The summed E-state index contributed by atoms with van der Waals surface area (Å²) in [6.45, 7) is 0. The molecule has 1 aliphatic rings. The highest BCUT2D eigenvalue weighted by molar-refractivity contribution is 5.82. The highest BCUT2D eigenvalue weighted by Gasteiger charge is 2.42. The molecule has 1 rings (SSSR count). The molecule has 0 aromatic rings. The lowest BCUT2D eigenvalue weighted by Crippen LogP contribution is -2.52. The van der Waals surface area contributed by atoms with Crippen LogP contribution in [0.25, 0.3) is 0 Å². The molecular formula is C10H18N2O4. The standard InChI is InChI=1S/C10H18N2O4/c1-15-9(13)5-3-7(11)8(12)4-6(5)10(14)16-2/h5-8H,3-4,11-12H2,1-2H3. The van der Waals surface area contributed by atoms with Gasteiger partial charge in [0.05, 0.1) is 26.1 Å². The van der Waals surface area contributed by atoms with Crippen molar-refractivity contribution < 1.29 is 19.1 Å². The van der Waals surface area contributed by atoms with Crippen LogP contribution >= 0.6 is 0 Å². The molecule has 4 N–H and O–H groups in total. The summed E-state index contributed by atoms with van der Waals surface area (Å²) in [6.07, 6.45) is 0.710. The maximum absolute atomic E-state index is 11.5. The zero-order valence-corrected chi connectivity index (χ0v) is 9.51. The van der Waals surface area contributed by atoms with E-state index >= 15 is 0 Å². The first kappa shape index (κ1) is 12.9. The first-order valence-corrected chi connectivity index (χ1v) is 5.18. The second-order valence-corrected chi connectivity index (χ2v) is 4.06. The fourth-order valence-electron chi connectivity index (χ4n) is 2.09. The molecule has 0 spiro atoms. The first-order chi connectivity index (χ1) is 7.51. The molecule has 16 heavy (non-hydrogen) atoms. The van der Waals surface area contributed by atoms with Crippen LogP contribution in [0.4, 0.5) is 0 Å². The number of esters is 2. The topological polar surface area (TPSA) is 105 Å². The molecule has 0 radical (unpaired) electrons. The number of hydrogen-bond donors (Lipinski definition) is 2. The Kier molecular flexibility index (Phi) is 4.26. The van der Waals surface area contributed by atoms with Crippen LogP contribution in [0.15, 0.2) is 0 Å². The van der Waals surface area contributed by atoms with Gasteiger partial charge in [-0.15, -0.1) is 0 Å². The Morgan fingerprint density at radius 2 is 1.25 bits per heavy atom. The van der Waals surface area contributed by atoms with Crippen molar-refractivity contribution in [3.63, 3.8) is 0 Å². The SMILES string of the molecule is COC(=O)C1CC(N)C(N)CC1C(=O)OC. The lowest BCUT2D eigenvalue weighted by molar-refractivity contribution is -0.160. The third-order valence-electron chi connectivity index (χ3n) is 3.10. The van der Waals surface area contributed by atoms with Crippen molar-refractivity contribution in [1.29, 1.82) is 0 Å². The molecule has 4 atom stereocenters. The molecule has 0 aliphatic heterocycles. The van der Waals surface area contributed by atoms with E-state index in [4.69, 9.17) is 11.5 Å². The van der Waals surface area contributed by atoms with Crippen LogP contribution in [0.2, 0.25) is 0 Å². The predicted molar refractivity (Wildman–Crippen MR) is 56.2 cm³/mol. The minimum atomic E-state index is -0.549. The summed E-state index contributed by atoms with van der Waals surface area (Å²) in [5.74, 6) is -1.96. The number of nitrogens with two attached hydrogens (primary N) is 2. The smallest absolute Gasteiger partial charge is 0.309 e. The summed E-state index contributed by atoms with van der Waals surface area (Å²) in [4.78, 5) is 23.0. The largest absolute Gasteiger partial charge is 0.469 e. The Hall–Kier alpha value is -1.14. The lowest BCUT2D eigenvalue weighted by atomic mass is 9.75. The van der Waals surface area contributed by atoms with Gasteiger partial charge in [-0.1, -0.05) is 0 Å². The van der Waals surface area contributed by atoms with Crippen LogP contribution < -0.4 is 11.5 Å². The molecule has 0 aromatic carbocycles. The molecule has 0 bridgehead atoms. The van der Waals surface area contributed by atoms with Crippen molar-refractivity contribution in [3.05, 3.63) is 0 Å². The Labute approximate surface area is 94.2 Å². The van der Waals surface area contributed by atoms with Gasteiger partial charge in [-0.05, 0) is 12.8 Å². The number of carbonyl (C=O) groups is 2. The van der Waals surface area contributed by atoms with E-state index in [1.54, 1.807) is 0 Å². The number of ether oxygens (including phenoxy) is 2. The van der Waals surface area contributed by atoms with Crippen LogP contribution in [0, 0.1) is 11.8 Å². The molecule has 0 saturated heterocycles. The van der Waals surface area contributed by atoms with Crippen LogP contribution in [-0.2, 0) is 19.1 Å². The van der Waals surface area contributed by atoms with Gasteiger partial charge in [0, 0.05) is 12.1 Å². The van der Waals surface area contributed by atoms with E-state index in [-0.39, 0.29) is 12.1 Å². The Morgan fingerprint density at radius 1 is 0.938 bits per heavy atom. The monoisotopic (exact) mass is 230 g/mol. The fraction of sp³-hybridized carbons (Fsp3) is 0.800. The molecule has 4 unspecified atom stereocenters. The van der Waals surface area contributed by atoms with E-state index in [1.807, 2.05) is 0 Å². The quantitative estimate of drug-likeness (QED) is 0.590. The average molecular weight is 230 g/mol. The zero-order valence-electron chi connectivity index (χ0n) is 9.51. The summed E-state index contributed by atoms with van der Waals surface area (Å²) >= 11 is 0. The molecule has 6 heteroatoms. The normalized spacial score (nSPS) is 34.2. The third-order valence-corrected chi connectivity index (χ3v) is 3.10. The second kappa shape index (κ2) is 5.27. The molecule has 1 fully saturated rings. The van der Waals surface area contributed by atoms with Gasteiger partial charge < -0.3 is 20.9 Å². The van der Waals surface area contributed by atoms with Crippen molar-refractivity contribution in [2.45, 2.75) is 24.9 Å². The average Bonchev–Trinajstić information content (AvgIpc) is 2.30. The summed E-state index contributed by atoms with van der Waals surface area (Å²) in [6, 6.07) is -0.574. The van der Waals surface area contributed by atoms with Crippen LogP contribution in [0.1, 0.15) is 12.8 Å². The lowest BCUT2D eigenvalue weighted by Gasteiger charge is -2.35. The molecule has 0 heterocycles. The predicted octanol–water partition coefficient (Wildman–Crippen LogP) is -0.987. The molecule has 92 valence electrons. The Morgan fingerprint density at radius 3 is 1.50 bits per heavy atom. The van der Waals surface area contributed by atoms with Gasteiger partial charge in [-0.3, -0.25) is 9.59 Å². The van der Waals surface area contributed by atoms with Gasteiger partial charge in [0.1, 0.15) is 0 Å². The van der Waals surface area contributed by atoms with Gasteiger partial charge in [0.2, 0.25) is 0 Å². The zero-order chi connectivity index (χ0) is 12.3. The van der Waals surface area contributed by atoms with Gasteiger partial charge >= 0.3 is 11.9 Å². The summed E-state index contributed by atoms with van der Waals surface area (Å²) in [7, 11) is 2.58. The summed E-state index contributed by atoms with van der Waals surface area (Å²) in [5.41, 5.74) is 11.6. The van der Waals surface area contributed by atoms with Crippen molar-refractivity contribution in [3.8, 4) is 0 Å².